The molecule has 0 aliphatic heterocycles. The van der Waals surface area contributed by atoms with Gasteiger partial charge in [-0.3, -0.25) is 0 Å². The van der Waals surface area contributed by atoms with Crippen LogP contribution >= 0.6 is 0 Å². The van der Waals surface area contributed by atoms with E-state index in [9.17, 15) is 0 Å². The SMILES string of the molecule is CC1(C)c2ccccc2-c2ccc(-c3cc(-c4ccccc4)nc(-c4ccc(-c5cccc6c(-c7ccc(-c8nc(-c9ccccc9)cc(-c9ccc%10c(c9)C(C)(C)c9ccccc9-%10)n8)cc7)cccc56)cc4)n3)cc21. The molecule has 4 heteroatoms. The van der Waals surface area contributed by atoms with Gasteiger partial charge >= 0.3 is 0 Å². The van der Waals surface area contributed by atoms with Crippen molar-refractivity contribution in [2.45, 2.75) is 38.5 Å². The third-order valence-corrected chi connectivity index (χ3v) is 16.2. The van der Waals surface area contributed by atoms with Crippen molar-refractivity contribution in [3.05, 3.63) is 265 Å². The Morgan fingerprint density at radius 3 is 0.947 bits per heavy atom. The third-order valence-electron chi connectivity index (χ3n) is 16.2. The van der Waals surface area contributed by atoms with Crippen LogP contribution < -0.4 is 0 Å². The van der Waals surface area contributed by atoms with E-state index in [1.807, 2.05) is 12.1 Å². The van der Waals surface area contributed by atoms with E-state index >= 15 is 0 Å². The van der Waals surface area contributed by atoms with Gasteiger partial charge in [-0.15, -0.1) is 0 Å². The van der Waals surface area contributed by atoms with Crippen molar-refractivity contribution < 1.29 is 0 Å². The Balaban J connectivity index is 0.787. The highest BCUT2D eigenvalue weighted by Crippen LogP contribution is 2.51. The molecule has 14 rings (SSSR count). The monoisotopic (exact) mass is 972 g/mol. The molecule has 0 fully saturated rings. The van der Waals surface area contributed by atoms with Crippen LogP contribution in [0, 0.1) is 0 Å². The Morgan fingerprint density at radius 2 is 0.539 bits per heavy atom. The molecule has 0 saturated carbocycles. The second-order valence-electron chi connectivity index (χ2n) is 21.4. The minimum Gasteiger partial charge on any atom is -0.228 e. The number of benzene rings is 10. The van der Waals surface area contributed by atoms with Crippen LogP contribution in [0.1, 0.15) is 49.9 Å². The van der Waals surface area contributed by atoms with Crippen molar-refractivity contribution in [3.63, 3.8) is 0 Å². The van der Waals surface area contributed by atoms with E-state index in [1.165, 1.54) is 66.4 Å². The summed E-state index contributed by atoms with van der Waals surface area (Å²) in [7, 11) is 0. The predicted octanol–water partition coefficient (Wildman–Crippen LogP) is 18.4. The van der Waals surface area contributed by atoms with E-state index in [1.54, 1.807) is 0 Å². The van der Waals surface area contributed by atoms with E-state index in [0.717, 1.165) is 67.3 Å². The molecule has 0 saturated heterocycles. The van der Waals surface area contributed by atoms with Crippen molar-refractivity contribution in [2.24, 2.45) is 0 Å². The number of nitrogens with zero attached hydrogens (tertiary/aromatic N) is 4. The van der Waals surface area contributed by atoms with Gasteiger partial charge in [-0.2, -0.15) is 0 Å². The maximum absolute atomic E-state index is 5.28. The lowest BCUT2D eigenvalue weighted by molar-refractivity contribution is 0.660. The Bertz CT molecular complexity index is 3970. The highest BCUT2D eigenvalue weighted by molar-refractivity contribution is 6.04. The highest BCUT2D eigenvalue weighted by Gasteiger charge is 2.37. The summed E-state index contributed by atoms with van der Waals surface area (Å²) < 4.78 is 0. The second kappa shape index (κ2) is 17.6. The lowest BCUT2D eigenvalue weighted by Crippen LogP contribution is -2.14. The zero-order valence-electron chi connectivity index (χ0n) is 42.9. The molecule has 0 amide bonds. The van der Waals surface area contributed by atoms with E-state index in [4.69, 9.17) is 19.9 Å². The summed E-state index contributed by atoms with van der Waals surface area (Å²) in [5.74, 6) is 1.39. The van der Waals surface area contributed by atoms with Gasteiger partial charge in [-0.25, -0.2) is 19.9 Å². The lowest BCUT2D eigenvalue weighted by Gasteiger charge is -2.22. The third kappa shape index (κ3) is 7.51. The normalized spacial score (nSPS) is 13.5. The molecular weight excluding hydrogens is 921 g/mol. The van der Waals surface area contributed by atoms with Crippen molar-refractivity contribution in [1.29, 1.82) is 0 Å². The molecule has 0 N–H and O–H groups in total. The molecule has 0 spiro atoms. The maximum atomic E-state index is 5.28. The van der Waals surface area contributed by atoms with Crippen molar-refractivity contribution >= 4 is 10.8 Å². The summed E-state index contributed by atoms with van der Waals surface area (Å²) in [5.41, 5.74) is 24.8. The summed E-state index contributed by atoms with van der Waals surface area (Å²) in [6.45, 7) is 9.30. The first-order valence-corrected chi connectivity index (χ1v) is 26.3. The van der Waals surface area contributed by atoms with E-state index in [-0.39, 0.29) is 10.8 Å². The summed E-state index contributed by atoms with van der Waals surface area (Å²) >= 11 is 0. The van der Waals surface area contributed by atoms with Gasteiger partial charge in [0.1, 0.15) is 0 Å². The molecular formula is C72H52N4. The number of hydrogen-bond donors (Lipinski definition) is 0. The van der Waals surface area contributed by atoms with Gasteiger partial charge in [0.15, 0.2) is 11.6 Å². The fraction of sp³-hybridized carbons (Fsp3) is 0.0833. The number of aromatic nitrogens is 4. The van der Waals surface area contributed by atoms with Gasteiger partial charge in [0, 0.05) is 44.2 Å². The molecule has 10 aromatic carbocycles. The Kier molecular flexibility index (Phi) is 10.5. The average molecular weight is 973 g/mol. The van der Waals surface area contributed by atoms with Crippen LogP contribution in [0.25, 0.3) is 123 Å². The smallest absolute Gasteiger partial charge is 0.160 e. The van der Waals surface area contributed by atoms with Crippen LogP contribution in [0.4, 0.5) is 0 Å². The Hall–Kier alpha value is -9.38. The molecule has 0 bridgehead atoms. The highest BCUT2D eigenvalue weighted by atomic mass is 14.9. The zero-order chi connectivity index (χ0) is 51.1. The standard InChI is InChI=1S/C72H52N4/c1-71(2)61-27-13-11-21-57(61)59-39-37-51(41-63(59)71)67-43-65(47-17-7-5-8-18-47)73-69(75-67)49-33-29-45(30-34-49)53-23-15-26-56-54(24-16-25-55(53)56)46-31-35-50(36-32-46)70-74-66(48-19-9-6-10-20-48)44-68(76-70)52-38-40-60-58-22-12-14-28-62(58)72(3,4)64(60)42-52/h5-44H,1-4H3. The molecule has 0 atom stereocenters. The molecule has 360 valence electrons. The van der Waals surface area contributed by atoms with E-state index in [0.29, 0.717) is 11.6 Å². The minimum atomic E-state index is -0.115. The quantitative estimate of drug-likeness (QED) is 0.152. The molecule has 0 radical (unpaired) electrons. The Morgan fingerprint density at radius 1 is 0.224 bits per heavy atom. The van der Waals surface area contributed by atoms with Gasteiger partial charge in [0.05, 0.1) is 22.8 Å². The minimum absolute atomic E-state index is 0.115. The van der Waals surface area contributed by atoms with Gasteiger partial charge < -0.3 is 0 Å². The van der Waals surface area contributed by atoms with Gasteiger partial charge in [-0.05, 0) is 102 Å². The summed E-state index contributed by atoms with van der Waals surface area (Å²) in [4.78, 5) is 21.0. The van der Waals surface area contributed by atoms with Gasteiger partial charge in [0.2, 0.25) is 0 Å². The summed E-state index contributed by atoms with van der Waals surface area (Å²) in [6, 6.07) is 87.1. The molecule has 0 unspecified atom stereocenters. The number of rotatable bonds is 8. The fourth-order valence-corrected chi connectivity index (χ4v) is 12.1. The average Bonchev–Trinajstić information content (AvgIpc) is 3.86. The molecule has 12 aromatic rings. The Labute approximate surface area is 444 Å². The molecule has 2 aliphatic carbocycles. The van der Waals surface area contributed by atoms with Crippen LogP contribution in [-0.4, -0.2) is 19.9 Å². The zero-order valence-corrected chi connectivity index (χ0v) is 42.9. The predicted molar refractivity (Wildman–Crippen MR) is 314 cm³/mol. The fourth-order valence-electron chi connectivity index (χ4n) is 12.1. The first-order chi connectivity index (χ1) is 37.2. The molecule has 76 heavy (non-hydrogen) atoms. The molecule has 2 aliphatic rings. The van der Waals surface area contributed by atoms with Crippen molar-refractivity contribution in [3.8, 4) is 112 Å². The van der Waals surface area contributed by atoms with Crippen LogP contribution in [0.3, 0.4) is 0 Å². The van der Waals surface area contributed by atoms with Crippen LogP contribution in [0.2, 0.25) is 0 Å². The molecule has 2 heterocycles. The van der Waals surface area contributed by atoms with Crippen LogP contribution in [0.15, 0.2) is 243 Å². The van der Waals surface area contributed by atoms with E-state index in [2.05, 4.69) is 258 Å². The second-order valence-corrected chi connectivity index (χ2v) is 21.4. The van der Waals surface area contributed by atoms with Crippen LogP contribution in [0.5, 0.6) is 0 Å². The van der Waals surface area contributed by atoms with Crippen molar-refractivity contribution in [1.82, 2.24) is 19.9 Å². The first-order valence-electron chi connectivity index (χ1n) is 26.3. The number of hydrogen-bond acceptors (Lipinski definition) is 4. The van der Waals surface area contributed by atoms with E-state index < -0.39 is 0 Å². The first kappa shape index (κ1) is 45.3. The number of fused-ring (bicyclic) bond motifs is 7. The summed E-state index contributed by atoms with van der Waals surface area (Å²) in [5, 5.41) is 2.37. The largest absolute Gasteiger partial charge is 0.228 e. The van der Waals surface area contributed by atoms with Crippen molar-refractivity contribution in [2.75, 3.05) is 0 Å². The van der Waals surface area contributed by atoms with Gasteiger partial charge in [0.25, 0.3) is 0 Å². The van der Waals surface area contributed by atoms with Gasteiger partial charge in [-0.1, -0.05) is 246 Å². The topological polar surface area (TPSA) is 51.6 Å². The summed E-state index contributed by atoms with van der Waals surface area (Å²) in [6.07, 6.45) is 0. The maximum Gasteiger partial charge on any atom is 0.160 e. The molecule has 2 aromatic heterocycles. The lowest BCUT2D eigenvalue weighted by atomic mass is 9.82. The molecule has 4 nitrogen and oxygen atoms in total. The van der Waals surface area contributed by atoms with Crippen LogP contribution in [-0.2, 0) is 10.8 Å².